The fraction of sp³-hybridized carbons (Fsp3) is 0.455. The van der Waals surface area contributed by atoms with Crippen LogP contribution in [0.2, 0.25) is 0 Å². The van der Waals surface area contributed by atoms with Crippen LogP contribution in [0.4, 0.5) is 5.69 Å². The van der Waals surface area contributed by atoms with E-state index in [4.69, 9.17) is 0 Å². The first-order valence-electron chi connectivity index (χ1n) is 9.58. The van der Waals surface area contributed by atoms with Gasteiger partial charge in [0.05, 0.1) is 0 Å². The van der Waals surface area contributed by atoms with E-state index in [0.717, 1.165) is 39.1 Å². The van der Waals surface area contributed by atoms with Gasteiger partial charge in [0.15, 0.2) is 0 Å². The maximum absolute atomic E-state index is 3.71. The van der Waals surface area contributed by atoms with Crippen LogP contribution in [0.5, 0.6) is 0 Å². The fourth-order valence-electron chi connectivity index (χ4n) is 4.26. The van der Waals surface area contributed by atoms with Gasteiger partial charge in [-0.25, -0.2) is 0 Å². The highest BCUT2D eigenvalue weighted by Gasteiger charge is 2.25. The monoisotopic (exact) mass is 335 g/mol. The fourth-order valence-corrected chi connectivity index (χ4v) is 4.26. The first-order chi connectivity index (χ1) is 12.2. The molecule has 2 aliphatic rings. The molecule has 0 spiro atoms. The molecule has 2 unspecified atom stereocenters. The standard InChI is InChI=1S/C22H29N3/c1-17-22-16-19(25-14-12-24(2)13-15-25)8-9-21(22)20(10-11-23-17)18-6-4-3-5-7-18/h3-9,16-17,20,23H,10-15H2,1-2H3. The van der Waals surface area contributed by atoms with Gasteiger partial charge < -0.3 is 15.1 Å². The lowest BCUT2D eigenvalue weighted by Crippen LogP contribution is -2.44. The summed E-state index contributed by atoms with van der Waals surface area (Å²) in [7, 11) is 2.21. The Morgan fingerprint density at radius 3 is 2.44 bits per heavy atom. The molecule has 0 saturated carbocycles. The van der Waals surface area contributed by atoms with Gasteiger partial charge in [0, 0.05) is 43.8 Å². The largest absolute Gasteiger partial charge is 0.369 e. The summed E-state index contributed by atoms with van der Waals surface area (Å²) in [5, 5.41) is 3.71. The van der Waals surface area contributed by atoms with Crippen LogP contribution in [0, 0.1) is 0 Å². The predicted molar refractivity (Wildman–Crippen MR) is 105 cm³/mol. The Labute approximate surface area is 151 Å². The van der Waals surface area contributed by atoms with Crippen molar-refractivity contribution in [2.45, 2.75) is 25.3 Å². The number of nitrogens with zero attached hydrogens (tertiary/aromatic N) is 2. The Morgan fingerprint density at radius 2 is 1.68 bits per heavy atom. The van der Waals surface area contributed by atoms with Crippen LogP contribution in [0.25, 0.3) is 0 Å². The summed E-state index contributed by atoms with van der Waals surface area (Å²) in [6.07, 6.45) is 1.16. The number of piperazine rings is 1. The van der Waals surface area contributed by atoms with Gasteiger partial charge in [-0.15, -0.1) is 0 Å². The molecule has 4 rings (SSSR count). The quantitative estimate of drug-likeness (QED) is 0.904. The summed E-state index contributed by atoms with van der Waals surface area (Å²) in [6.45, 7) is 7.92. The summed E-state index contributed by atoms with van der Waals surface area (Å²) >= 11 is 0. The molecule has 3 heteroatoms. The van der Waals surface area contributed by atoms with Gasteiger partial charge in [0.2, 0.25) is 0 Å². The van der Waals surface area contributed by atoms with E-state index in [1.807, 2.05) is 0 Å². The van der Waals surface area contributed by atoms with Gasteiger partial charge in [-0.2, -0.15) is 0 Å². The second-order valence-corrected chi connectivity index (χ2v) is 7.53. The number of anilines is 1. The molecular formula is C22H29N3. The molecular weight excluding hydrogens is 306 g/mol. The van der Waals surface area contributed by atoms with Gasteiger partial charge in [-0.1, -0.05) is 36.4 Å². The van der Waals surface area contributed by atoms with E-state index < -0.39 is 0 Å². The van der Waals surface area contributed by atoms with Crippen LogP contribution >= 0.6 is 0 Å². The Morgan fingerprint density at radius 1 is 0.920 bits per heavy atom. The number of benzene rings is 2. The third-order valence-electron chi connectivity index (χ3n) is 5.87. The Hall–Kier alpha value is -1.84. The zero-order valence-corrected chi connectivity index (χ0v) is 15.4. The summed E-state index contributed by atoms with van der Waals surface area (Å²) in [5.74, 6) is 0.496. The maximum Gasteiger partial charge on any atom is 0.0370 e. The minimum atomic E-state index is 0.413. The van der Waals surface area contributed by atoms with E-state index in [-0.39, 0.29) is 0 Å². The molecule has 25 heavy (non-hydrogen) atoms. The van der Waals surface area contributed by atoms with Crippen molar-refractivity contribution in [3.63, 3.8) is 0 Å². The molecule has 2 aromatic rings. The second kappa shape index (κ2) is 7.19. The first-order valence-corrected chi connectivity index (χ1v) is 9.58. The highest BCUT2D eigenvalue weighted by molar-refractivity contribution is 5.54. The van der Waals surface area contributed by atoms with Crippen molar-refractivity contribution < 1.29 is 0 Å². The summed E-state index contributed by atoms with van der Waals surface area (Å²) in [6, 6.07) is 18.6. The van der Waals surface area contributed by atoms with E-state index in [0.29, 0.717) is 12.0 Å². The first kappa shape index (κ1) is 16.6. The molecule has 1 N–H and O–H groups in total. The van der Waals surface area contributed by atoms with E-state index in [2.05, 4.69) is 77.6 Å². The van der Waals surface area contributed by atoms with Crippen molar-refractivity contribution in [2.75, 3.05) is 44.7 Å². The van der Waals surface area contributed by atoms with Crippen molar-refractivity contribution in [3.05, 3.63) is 65.2 Å². The van der Waals surface area contributed by atoms with E-state index in [1.165, 1.54) is 22.4 Å². The normalized spacial score (nSPS) is 24.6. The van der Waals surface area contributed by atoms with Crippen molar-refractivity contribution >= 4 is 5.69 Å². The number of rotatable bonds is 2. The molecule has 0 amide bonds. The molecule has 0 aliphatic carbocycles. The molecule has 2 aliphatic heterocycles. The van der Waals surface area contributed by atoms with Crippen LogP contribution in [0.1, 0.15) is 42.0 Å². The SMILES string of the molecule is CC1NCCC(c2ccccc2)c2ccc(N3CCN(C)CC3)cc21. The Balaban J connectivity index is 1.69. The molecule has 0 radical (unpaired) electrons. The number of likely N-dealkylation sites (N-methyl/N-ethyl adjacent to an activating group) is 1. The molecule has 0 aromatic heterocycles. The zero-order chi connectivity index (χ0) is 17.2. The molecule has 3 nitrogen and oxygen atoms in total. The van der Waals surface area contributed by atoms with Gasteiger partial charge in [0.25, 0.3) is 0 Å². The van der Waals surface area contributed by atoms with Crippen molar-refractivity contribution in [3.8, 4) is 0 Å². The van der Waals surface area contributed by atoms with Gasteiger partial charge in [-0.3, -0.25) is 0 Å². The van der Waals surface area contributed by atoms with Crippen LogP contribution in [0.3, 0.4) is 0 Å². The molecule has 132 valence electrons. The molecule has 0 bridgehead atoms. The lowest BCUT2D eigenvalue weighted by Gasteiger charge is -2.35. The van der Waals surface area contributed by atoms with E-state index in [1.54, 1.807) is 0 Å². The smallest absolute Gasteiger partial charge is 0.0370 e. The number of hydrogen-bond acceptors (Lipinski definition) is 3. The minimum Gasteiger partial charge on any atom is -0.369 e. The highest BCUT2D eigenvalue weighted by atomic mass is 15.2. The van der Waals surface area contributed by atoms with E-state index in [9.17, 15) is 0 Å². The topological polar surface area (TPSA) is 18.5 Å². The molecule has 1 saturated heterocycles. The minimum absolute atomic E-state index is 0.413. The Kier molecular flexibility index (Phi) is 4.78. The van der Waals surface area contributed by atoms with Gasteiger partial charge in [-0.05, 0) is 55.8 Å². The Bertz CT molecular complexity index is 704. The average molecular weight is 335 g/mol. The zero-order valence-electron chi connectivity index (χ0n) is 15.4. The molecule has 2 heterocycles. The second-order valence-electron chi connectivity index (χ2n) is 7.53. The lowest BCUT2D eigenvalue weighted by molar-refractivity contribution is 0.313. The van der Waals surface area contributed by atoms with Crippen LogP contribution in [0.15, 0.2) is 48.5 Å². The number of nitrogens with one attached hydrogen (secondary N) is 1. The summed E-state index contributed by atoms with van der Waals surface area (Å²) in [4.78, 5) is 4.95. The lowest BCUT2D eigenvalue weighted by atomic mass is 9.85. The maximum atomic E-state index is 3.71. The molecule has 2 atom stereocenters. The average Bonchev–Trinajstić information content (AvgIpc) is 2.82. The van der Waals surface area contributed by atoms with Crippen LogP contribution in [-0.2, 0) is 0 Å². The summed E-state index contributed by atoms with van der Waals surface area (Å²) in [5.41, 5.74) is 5.80. The number of hydrogen-bond donors (Lipinski definition) is 1. The summed E-state index contributed by atoms with van der Waals surface area (Å²) < 4.78 is 0. The predicted octanol–water partition coefficient (Wildman–Crippen LogP) is 3.62. The van der Waals surface area contributed by atoms with Crippen LogP contribution in [-0.4, -0.2) is 44.7 Å². The van der Waals surface area contributed by atoms with Crippen molar-refractivity contribution in [2.24, 2.45) is 0 Å². The molecule has 1 fully saturated rings. The van der Waals surface area contributed by atoms with Gasteiger partial charge >= 0.3 is 0 Å². The number of fused-ring (bicyclic) bond motifs is 1. The van der Waals surface area contributed by atoms with Crippen LogP contribution < -0.4 is 10.2 Å². The third kappa shape index (κ3) is 3.44. The van der Waals surface area contributed by atoms with E-state index >= 15 is 0 Å². The van der Waals surface area contributed by atoms with Crippen molar-refractivity contribution in [1.82, 2.24) is 10.2 Å². The molecule has 2 aromatic carbocycles. The van der Waals surface area contributed by atoms with Gasteiger partial charge in [0.1, 0.15) is 0 Å². The highest BCUT2D eigenvalue weighted by Crippen LogP contribution is 2.37. The third-order valence-corrected chi connectivity index (χ3v) is 5.87. The van der Waals surface area contributed by atoms with Crippen molar-refractivity contribution in [1.29, 1.82) is 0 Å².